The Morgan fingerprint density at radius 3 is 2.46 bits per heavy atom. The number of hydrogen-bond donors (Lipinski definition) is 1. The summed E-state index contributed by atoms with van der Waals surface area (Å²) in [4.78, 5) is 11.3. The van der Waals surface area contributed by atoms with Crippen molar-refractivity contribution in [1.29, 1.82) is 0 Å². The van der Waals surface area contributed by atoms with Crippen LogP contribution in [0.25, 0.3) is 0 Å². The molecule has 1 fully saturated rings. The monoisotopic (exact) mass is 395 g/mol. The summed E-state index contributed by atoms with van der Waals surface area (Å²) in [6, 6.07) is 4.07. The summed E-state index contributed by atoms with van der Waals surface area (Å²) in [6.07, 6.45) is -4.58. The zero-order valence-electron chi connectivity index (χ0n) is 14.1. The third-order valence-electron chi connectivity index (χ3n) is 4.08. The van der Waals surface area contributed by atoms with Gasteiger partial charge in [-0.25, -0.2) is 8.42 Å². The van der Waals surface area contributed by atoms with Crippen molar-refractivity contribution in [3.05, 3.63) is 29.8 Å². The van der Waals surface area contributed by atoms with Crippen LogP contribution in [0.3, 0.4) is 0 Å². The molecule has 1 aromatic carbocycles. The van der Waals surface area contributed by atoms with Crippen LogP contribution in [-0.2, 0) is 25.5 Å². The van der Waals surface area contributed by atoms with E-state index < -0.39 is 45.2 Å². The molecule has 0 radical (unpaired) electrons. The maximum absolute atomic E-state index is 12.6. The fraction of sp³-hybridized carbons (Fsp3) is 0.562. The molecule has 6 nitrogen and oxygen atoms in total. The molecular formula is C16H20F3NO5S. The van der Waals surface area contributed by atoms with Crippen LogP contribution in [0, 0.1) is 5.92 Å². The first-order chi connectivity index (χ1) is 12.1. The summed E-state index contributed by atoms with van der Waals surface area (Å²) < 4.78 is 72.3. The minimum atomic E-state index is -4.46. The summed E-state index contributed by atoms with van der Waals surface area (Å²) in [7, 11) is -2.70. The second-order valence-corrected chi connectivity index (χ2v) is 8.17. The van der Waals surface area contributed by atoms with Crippen LogP contribution in [0.5, 0.6) is 5.75 Å². The average molecular weight is 395 g/mol. The molecule has 0 bridgehead atoms. The second kappa shape index (κ2) is 8.26. The Morgan fingerprint density at radius 2 is 1.96 bits per heavy atom. The van der Waals surface area contributed by atoms with Crippen molar-refractivity contribution in [2.75, 3.05) is 31.7 Å². The zero-order valence-corrected chi connectivity index (χ0v) is 14.9. The smallest absolute Gasteiger partial charge is 0.416 e. The lowest BCUT2D eigenvalue weighted by molar-refractivity contribution is -0.138. The SMILES string of the molecule is COC(=O)CS(=O)(=O)CC(Oc1ccc(C(F)(F)F)cc1)[C@H]1CCNC1. The highest BCUT2D eigenvalue weighted by molar-refractivity contribution is 7.92. The van der Waals surface area contributed by atoms with Gasteiger partial charge >= 0.3 is 12.1 Å². The lowest BCUT2D eigenvalue weighted by atomic mass is 10.0. The first-order valence-electron chi connectivity index (χ1n) is 7.92. The zero-order chi connectivity index (χ0) is 19.4. The molecule has 1 unspecified atom stereocenters. The van der Waals surface area contributed by atoms with Gasteiger partial charge in [0.15, 0.2) is 9.84 Å². The van der Waals surface area contributed by atoms with Crippen molar-refractivity contribution in [3.63, 3.8) is 0 Å². The fourth-order valence-corrected chi connectivity index (χ4v) is 4.14. The van der Waals surface area contributed by atoms with Gasteiger partial charge in [0.25, 0.3) is 0 Å². The highest BCUT2D eigenvalue weighted by atomic mass is 32.2. The summed E-state index contributed by atoms with van der Waals surface area (Å²) in [5.41, 5.74) is -0.817. The number of esters is 1. The minimum absolute atomic E-state index is 0.135. The fourth-order valence-electron chi connectivity index (χ4n) is 2.71. The van der Waals surface area contributed by atoms with Gasteiger partial charge in [0.05, 0.1) is 18.4 Å². The van der Waals surface area contributed by atoms with E-state index >= 15 is 0 Å². The molecule has 1 heterocycles. The number of halogens is 3. The van der Waals surface area contributed by atoms with Crippen molar-refractivity contribution in [1.82, 2.24) is 5.32 Å². The van der Waals surface area contributed by atoms with Gasteiger partial charge in [0, 0.05) is 12.5 Å². The van der Waals surface area contributed by atoms with Gasteiger partial charge in [-0.1, -0.05) is 0 Å². The van der Waals surface area contributed by atoms with E-state index in [1.54, 1.807) is 0 Å². The van der Waals surface area contributed by atoms with E-state index in [-0.39, 0.29) is 11.7 Å². The summed E-state index contributed by atoms with van der Waals surface area (Å²) in [5.74, 6) is -2.05. The highest BCUT2D eigenvalue weighted by Gasteiger charge is 2.33. The van der Waals surface area contributed by atoms with Gasteiger partial charge < -0.3 is 14.8 Å². The molecule has 0 amide bonds. The normalized spacial score (nSPS) is 19.2. The maximum Gasteiger partial charge on any atom is 0.416 e. The predicted octanol–water partition coefficient (Wildman–Crippen LogP) is 1.65. The lowest BCUT2D eigenvalue weighted by Gasteiger charge is -2.24. The molecule has 1 N–H and O–H groups in total. The van der Waals surface area contributed by atoms with Crippen LogP contribution < -0.4 is 10.1 Å². The Morgan fingerprint density at radius 1 is 1.31 bits per heavy atom. The van der Waals surface area contributed by atoms with Crippen molar-refractivity contribution >= 4 is 15.8 Å². The van der Waals surface area contributed by atoms with Gasteiger partial charge in [-0.15, -0.1) is 0 Å². The Bertz CT molecular complexity index is 712. The number of benzene rings is 1. The highest BCUT2D eigenvalue weighted by Crippen LogP contribution is 2.31. The van der Waals surface area contributed by atoms with Gasteiger partial charge in [-0.3, -0.25) is 4.79 Å². The molecule has 1 aromatic rings. The summed E-state index contributed by atoms with van der Waals surface area (Å²) in [5, 5.41) is 3.09. The van der Waals surface area contributed by atoms with Crippen LogP contribution in [0.1, 0.15) is 12.0 Å². The van der Waals surface area contributed by atoms with Crippen molar-refractivity contribution in [2.45, 2.75) is 18.7 Å². The van der Waals surface area contributed by atoms with E-state index in [1.165, 1.54) is 0 Å². The molecule has 10 heteroatoms. The average Bonchev–Trinajstić information content (AvgIpc) is 3.07. The van der Waals surface area contributed by atoms with E-state index in [2.05, 4.69) is 10.1 Å². The number of hydrogen-bond acceptors (Lipinski definition) is 6. The van der Waals surface area contributed by atoms with Crippen LogP contribution in [-0.4, -0.2) is 52.2 Å². The third-order valence-corrected chi connectivity index (χ3v) is 5.59. The van der Waals surface area contributed by atoms with E-state index in [9.17, 15) is 26.4 Å². The van der Waals surface area contributed by atoms with Gasteiger partial charge in [0.1, 0.15) is 17.6 Å². The topological polar surface area (TPSA) is 81.7 Å². The van der Waals surface area contributed by atoms with Crippen LogP contribution in [0.15, 0.2) is 24.3 Å². The van der Waals surface area contributed by atoms with E-state index in [0.717, 1.165) is 31.4 Å². The Labute approximate surface area is 149 Å². The summed E-state index contributed by atoms with van der Waals surface area (Å²) in [6.45, 7) is 1.22. The van der Waals surface area contributed by atoms with Crippen LogP contribution >= 0.6 is 0 Å². The molecule has 0 saturated carbocycles. The van der Waals surface area contributed by atoms with E-state index in [1.807, 2.05) is 0 Å². The van der Waals surface area contributed by atoms with Crippen molar-refractivity contribution in [2.24, 2.45) is 5.92 Å². The number of nitrogens with one attached hydrogen (secondary N) is 1. The Hall–Kier alpha value is -1.81. The minimum Gasteiger partial charge on any atom is -0.489 e. The molecule has 1 aliphatic heterocycles. The number of carbonyl (C=O) groups is 1. The molecular weight excluding hydrogens is 375 g/mol. The van der Waals surface area contributed by atoms with Gasteiger partial charge in [-0.2, -0.15) is 13.2 Å². The quantitative estimate of drug-likeness (QED) is 0.707. The molecule has 1 saturated heterocycles. The van der Waals surface area contributed by atoms with Crippen LogP contribution in [0.2, 0.25) is 0 Å². The number of methoxy groups -OCH3 is 1. The summed E-state index contributed by atoms with van der Waals surface area (Å²) >= 11 is 0. The van der Waals surface area contributed by atoms with Crippen LogP contribution in [0.4, 0.5) is 13.2 Å². The molecule has 2 atom stereocenters. The molecule has 2 rings (SSSR count). The first-order valence-corrected chi connectivity index (χ1v) is 9.75. The van der Waals surface area contributed by atoms with Crippen molar-refractivity contribution < 1.29 is 35.9 Å². The number of alkyl halides is 3. The third kappa shape index (κ3) is 5.87. The van der Waals surface area contributed by atoms with Gasteiger partial charge in [0.2, 0.25) is 0 Å². The predicted molar refractivity (Wildman–Crippen MR) is 87.5 cm³/mol. The number of carbonyl (C=O) groups excluding carboxylic acids is 1. The Balaban J connectivity index is 2.13. The number of rotatable bonds is 7. The van der Waals surface area contributed by atoms with Crippen molar-refractivity contribution in [3.8, 4) is 5.75 Å². The Kier molecular flexibility index (Phi) is 6.51. The maximum atomic E-state index is 12.6. The second-order valence-electron chi connectivity index (χ2n) is 6.06. The molecule has 0 aromatic heterocycles. The standard InChI is InChI=1S/C16H20F3NO5S/c1-24-15(21)10-26(22,23)9-14(11-6-7-20-8-11)25-13-4-2-12(3-5-13)16(17,18)19/h2-5,11,14,20H,6-10H2,1H3/t11-,14?/m0/s1. The van der Waals surface area contributed by atoms with E-state index in [4.69, 9.17) is 4.74 Å². The largest absolute Gasteiger partial charge is 0.489 e. The van der Waals surface area contributed by atoms with E-state index in [0.29, 0.717) is 19.5 Å². The van der Waals surface area contributed by atoms with Gasteiger partial charge in [-0.05, 0) is 37.2 Å². The molecule has 1 aliphatic rings. The molecule has 0 spiro atoms. The molecule has 0 aliphatic carbocycles. The number of sulfone groups is 1. The first kappa shape index (κ1) is 20.5. The molecule has 146 valence electrons. The molecule has 26 heavy (non-hydrogen) atoms. The number of ether oxygens (including phenoxy) is 2. The lowest BCUT2D eigenvalue weighted by Crippen LogP contribution is -2.37.